The summed E-state index contributed by atoms with van der Waals surface area (Å²) in [6.07, 6.45) is -3.64. The largest absolute Gasteiger partial charge is 0.416 e. The highest BCUT2D eigenvalue weighted by atomic mass is 19.4. The van der Waals surface area contributed by atoms with Gasteiger partial charge in [0.25, 0.3) is 0 Å². The molecule has 1 heterocycles. The second-order valence-electron chi connectivity index (χ2n) is 7.55. The van der Waals surface area contributed by atoms with Crippen LogP contribution in [0.5, 0.6) is 0 Å². The third-order valence-electron chi connectivity index (χ3n) is 4.93. The summed E-state index contributed by atoms with van der Waals surface area (Å²) in [5, 5.41) is 5.56. The Balaban J connectivity index is 2.24. The molecule has 0 spiro atoms. The van der Waals surface area contributed by atoms with Crippen molar-refractivity contribution in [1.29, 1.82) is 0 Å². The van der Waals surface area contributed by atoms with Crippen molar-refractivity contribution in [2.45, 2.75) is 39.3 Å². The van der Waals surface area contributed by atoms with Crippen molar-refractivity contribution in [2.75, 3.05) is 26.2 Å². The van der Waals surface area contributed by atoms with Gasteiger partial charge in [0.05, 0.1) is 11.5 Å². The lowest BCUT2D eigenvalue weighted by Crippen LogP contribution is -2.40. The number of alkyl halides is 3. The smallest absolute Gasteiger partial charge is 0.356 e. The van der Waals surface area contributed by atoms with Crippen molar-refractivity contribution in [3.63, 3.8) is 0 Å². The summed E-state index contributed by atoms with van der Waals surface area (Å²) >= 11 is 0. The number of hydrogen-bond acceptors (Lipinski definition) is 2. The molecular weight excluding hydrogens is 371 g/mol. The molecule has 2 N–H and O–H groups in total. The van der Waals surface area contributed by atoms with Gasteiger partial charge in [0.15, 0.2) is 0 Å². The van der Waals surface area contributed by atoms with Gasteiger partial charge in [-0.1, -0.05) is 32.0 Å². The maximum Gasteiger partial charge on any atom is 0.416 e. The topological polar surface area (TPSA) is 61.4 Å². The van der Waals surface area contributed by atoms with E-state index in [2.05, 4.69) is 10.6 Å². The van der Waals surface area contributed by atoms with Crippen LogP contribution in [-0.2, 0) is 11.0 Å². The highest BCUT2D eigenvalue weighted by molar-refractivity contribution is 5.83. The highest BCUT2D eigenvalue weighted by Crippen LogP contribution is 2.36. The summed E-state index contributed by atoms with van der Waals surface area (Å²) in [4.78, 5) is 26.5. The molecule has 3 amide bonds. The Hall–Kier alpha value is -2.25. The number of nitrogens with one attached hydrogen (secondary N) is 2. The van der Waals surface area contributed by atoms with Gasteiger partial charge in [-0.05, 0) is 30.9 Å². The first-order valence-electron chi connectivity index (χ1n) is 9.61. The number of amides is 3. The maximum absolute atomic E-state index is 13.1. The molecule has 2 rings (SSSR count). The van der Waals surface area contributed by atoms with E-state index in [1.165, 1.54) is 11.0 Å². The Bertz CT molecular complexity index is 692. The van der Waals surface area contributed by atoms with E-state index in [4.69, 9.17) is 0 Å². The zero-order valence-electron chi connectivity index (χ0n) is 16.5. The van der Waals surface area contributed by atoms with Crippen LogP contribution in [0, 0.1) is 11.8 Å². The first-order chi connectivity index (χ1) is 13.1. The molecule has 5 nitrogen and oxygen atoms in total. The average molecular weight is 399 g/mol. The summed E-state index contributed by atoms with van der Waals surface area (Å²) in [5.74, 6) is -0.868. The van der Waals surface area contributed by atoms with Crippen LogP contribution in [0.2, 0.25) is 0 Å². The standard InChI is InChI=1S/C20H28F3N3O2/c1-4-24-19(28)26-11-16(14-6-5-7-15(10-14)20(21,22)23)17(12-26)18(27)25-9-8-13(2)3/h5-7,10,13,16-17H,4,8-9,11-12H2,1-3H3,(H,24,28)(H,25,27)/t16-,17-/m0/s1. The predicted molar refractivity (Wildman–Crippen MR) is 101 cm³/mol. The van der Waals surface area contributed by atoms with E-state index < -0.39 is 23.6 Å². The molecule has 2 atom stereocenters. The lowest BCUT2D eigenvalue weighted by Gasteiger charge is -2.19. The molecule has 0 bridgehead atoms. The van der Waals surface area contributed by atoms with E-state index in [-0.39, 0.29) is 25.0 Å². The van der Waals surface area contributed by atoms with Gasteiger partial charge in [0, 0.05) is 32.1 Å². The maximum atomic E-state index is 13.1. The summed E-state index contributed by atoms with van der Waals surface area (Å²) < 4.78 is 39.3. The van der Waals surface area contributed by atoms with E-state index in [0.29, 0.717) is 24.6 Å². The lowest BCUT2D eigenvalue weighted by molar-refractivity contribution is -0.137. The molecule has 0 radical (unpaired) electrons. The predicted octanol–water partition coefficient (Wildman–Crippen LogP) is 3.61. The van der Waals surface area contributed by atoms with Gasteiger partial charge >= 0.3 is 12.2 Å². The summed E-state index contributed by atoms with van der Waals surface area (Å²) in [7, 11) is 0. The number of urea groups is 1. The van der Waals surface area contributed by atoms with Gasteiger partial charge in [-0.2, -0.15) is 13.2 Å². The third-order valence-corrected chi connectivity index (χ3v) is 4.93. The van der Waals surface area contributed by atoms with Crippen LogP contribution in [0.1, 0.15) is 44.2 Å². The van der Waals surface area contributed by atoms with Gasteiger partial charge in [-0.3, -0.25) is 4.79 Å². The zero-order valence-corrected chi connectivity index (χ0v) is 16.5. The number of carbonyl (C=O) groups excluding carboxylic acids is 2. The van der Waals surface area contributed by atoms with E-state index >= 15 is 0 Å². The van der Waals surface area contributed by atoms with Crippen molar-refractivity contribution in [1.82, 2.24) is 15.5 Å². The molecule has 1 aliphatic rings. The highest BCUT2D eigenvalue weighted by Gasteiger charge is 2.41. The van der Waals surface area contributed by atoms with Crippen molar-refractivity contribution in [3.8, 4) is 0 Å². The fraction of sp³-hybridized carbons (Fsp3) is 0.600. The average Bonchev–Trinajstić information content (AvgIpc) is 3.06. The summed E-state index contributed by atoms with van der Waals surface area (Å²) in [5.41, 5.74) is -0.328. The van der Waals surface area contributed by atoms with E-state index in [1.54, 1.807) is 13.0 Å². The van der Waals surface area contributed by atoms with Crippen molar-refractivity contribution < 1.29 is 22.8 Å². The minimum atomic E-state index is -4.46. The van der Waals surface area contributed by atoms with Crippen LogP contribution >= 0.6 is 0 Å². The molecule has 1 aromatic carbocycles. The second-order valence-corrected chi connectivity index (χ2v) is 7.55. The molecule has 0 aromatic heterocycles. The quantitative estimate of drug-likeness (QED) is 0.768. The van der Waals surface area contributed by atoms with Gasteiger partial charge in [-0.25, -0.2) is 4.79 Å². The van der Waals surface area contributed by atoms with Crippen LogP contribution in [0.25, 0.3) is 0 Å². The van der Waals surface area contributed by atoms with Crippen LogP contribution in [0.15, 0.2) is 24.3 Å². The van der Waals surface area contributed by atoms with Gasteiger partial charge in [-0.15, -0.1) is 0 Å². The fourth-order valence-corrected chi connectivity index (χ4v) is 3.40. The molecular formula is C20H28F3N3O2. The van der Waals surface area contributed by atoms with Crippen LogP contribution in [0.3, 0.4) is 0 Å². The Kier molecular flexibility index (Phi) is 7.32. The van der Waals surface area contributed by atoms with E-state index in [1.807, 2.05) is 13.8 Å². The fourth-order valence-electron chi connectivity index (χ4n) is 3.40. The molecule has 0 aliphatic carbocycles. The van der Waals surface area contributed by atoms with Crippen LogP contribution in [0.4, 0.5) is 18.0 Å². The van der Waals surface area contributed by atoms with Crippen molar-refractivity contribution >= 4 is 11.9 Å². The lowest BCUT2D eigenvalue weighted by atomic mass is 9.87. The van der Waals surface area contributed by atoms with Crippen LogP contribution in [-0.4, -0.2) is 43.0 Å². The number of carbonyl (C=O) groups is 2. The molecule has 1 saturated heterocycles. The molecule has 0 unspecified atom stereocenters. The van der Waals surface area contributed by atoms with E-state index in [0.717, 1.165) is 18.6 Å². The molecule has 1 fully saturated rings. The molecule has 8 heteroatoms. The van der Waals surface area contributed by atoms with Gasteiger partial charge in [0.2, 0.25) is 5.91 Å². The molecule has 0 saturated carbocycles. The molecule has 28 heavy (non-hydrogen) atoms. The number of likely N-dealkylation sites (tertiary alicyclic amines) is 1. The number of nitrogens with zero attached hydrogens (tertiary/aromatic N) is 1. The van der Waals surface area contributed by atoms with Crippen LogP contribution < -0.4 is 10.6 Å². The molecule has 156 valence electrons. The van der Waals surface area contributed by atoms with E-state index in [9.17, 15) is 22.8 Å². The Morgan fingerprint density at radius 2 is 1.93 bits per heavy atom. The molecule has 1 aliphatic heterocycles. The number of halogens is 3. The normalized spacial score (nSPS) is 19.8. The third kappa shape index (κ3) is 5.62. The minimum Gasteiger partial charge on any atom is -0.356 e. The Morgan fingerprint density at radius 1 is 1.21 bits per heavy atom. The zero-order chi connectivity index (χ0) is 20.9. The number of hydrogen-bond donors (Lipinski definition) is 2. The summed E-state index contributed by atoms with van der Waals surface area (Å²) in [6.45, 7) is 7.20. The first kappa shape index (κ1) is 22.0. The van der Waals surface area contributed by atoms with Crippen molar-refractivity contribution in [3.05, 3.63) is 35.4 Å². The number of rotatable bonds is 6. The van der Waals surface area contributed by atoms with Crippen molar-refractivity contribution in [2.24, 2.45) is 11.8 Å². The second kappa shape index (κ2) is 9.30. The first-order valence-corrected chi connectivity index (χ1v) is 9.61. The van der Waals surface area contributed by atoms with Gasteiger partial charge in [0.1, 0.15) is 0 Å². The Morgan fingerprint density at radius 3 is 2.54 bits per heavy atom. The molecule has 1 aromatic rings. The van der Waals surface area contributed by atoms with Gasteiger partial charge < -0.3 is 15.5 Å². The SMILES string of the molecule is CCNC(=O)N1C[C@H](C(=O)NCCC(C)C)[C@H](c2cccc(C(F)(F)F)c2)C1. The number of benzene rings is 1. The summed E-state index contributed by atoms with van der Waals surface area (Å²) in [6, 6.07) is 4.73. The minimum absolute atomic E-state index is 0.181. The monoisotopic (exact) mass is 399 g/mol. The Labute approximate surface area is 163 Å².